The number of benzene rings is 1. The Morgan fingerprint density at radius 3 is 2.74 bits per heavy atom. The second-order valence-electron chi connectivity index (χ2n) is 5.37. The van der Waals surface area contributed by atoms with E-state index < -0.39 is 0 Å². The molecule has 1 fully saturated rings. The van der Waals surface area contributed by atoms with Gasteiger partial charge in [0.25, 0.3) is 0 Å². The molecule has 1 saturated heterocycles. The molecule has 0 aromatic heterocycles. The van der Waals surface area contributed by atoms with Gasteiger partial charge in [0.1, 0.15) is 0 Å². The molecular weight excluding hydrogens is 260 g/mol. The smallest absolute Gasteiger partial charge is 0.0485 e. The summed E-state index contributed by atoms with van der Waals surface area (Å²) < 4.78 is 5.43. The van der Waals surface area contributed by atoms with Gasteiger partial charge in [-0.1, -0.05) is 17.7 Å². The van der Waals surface area contributed by atoms with E-state index in [1.54, 1.807) is 0 Å². The van der Waals surface area contributed by atoms with Crippen LogP contribution in [0, 0.1) is 0 Å². The van der Waals surface area contributed by atoms with E-state index in [1.165, 1.54) is 5.69 Å². The van der Waals surface area contributed by atoms with Gasteiger partial charge in [-0.2, -0.15) is 0 Å². The summed E-state index contributed by atoms with van der Waals surface area (Å²) in [6, 6.07) is 6.73. The normalized spacial score (nSPS) is 18.3. The van der Waals surface area contributed by atoms with Gasteiger partial charge in [-0.25, -0.2) is 0 Å². The van der Waals surface area contributed by atoms with Crippen LogP contribution in [0.3, 0.4) is 0 Å². The molecule has 1 aliphatic rings. The maximum Gasteiger partial charge on any atom is 0.0485 e. The van der Waals surface area contributed by atoms with E-state index in [4.69, 9.17) is 22.1 Å². The van der Waals surface area contributed by atoms with Crippen LogP contribution in [0.1, 0.15) is 25.3 Å². The Hall–Kier alpha value is -0.770. The highest BCUT2D eigenvalue weighted by Crippen LogP contribution is 2.30. The summed E-state index contributed by atoms with van der Waals surface area (Å²) in [5, 5.41) is 0.814. The highest BCUT2D eigenvalue weighted by Gasteiger charge is 2.21. The zero-order valence-corrected chi connectivity index (χ0v) is 12.5. The molecule has 2 rings (SSSR count). The number of halogens is 1. The Morgan fingerprint density at radius 1 is 1.42 bits per heavy atom. The highest BCUT2D eigenvalue weighted by molar-refractivity contribution is 6.31. The first-order valence-electron chi connectivity index (χ1n) is 6.93. The van der Waals surface area contributed by atoms with Crippen molar-refractivity contribution in [2.45, 2.75) is 38.3 Å². The number of anilines is 1. The predicted molar refractivity (Wildman–Crippen MR) is 81.0 cm³/mol. The topological polar surface area (TPSA) is 38.5 Å². The monoisotopic (exact) mass is 282 g/mol. The van der Waals surface area contributed by atoms with Gasteiger partial charge in [0.2, 0.25) is 0 Å². The minimum Gasteiger partial charge on any atom is -0.381 e. The fraction of sp³-hybridized carbons (Fsp3) is 0.600. The maximum absolute atomic E-state index is 6.35. The molecule has 0 radical (unpaired) electrons. The molecule has 1 unspecified atom stereocenters. The quantitative estimate of drug-likeness (QED) is 0.923. The molecule has 4 heteroatoms. The minimum absolute atomic E-state index is 0.113. The lowest BCUT2D eigenvalue weighted by atomic mass is 10.0. The molecule has 1 aromatic rings. The van der Waals surface area contributed by atoms with Gasteiger partial charge in [0.15, 0.2) is 0 Å². The zero-order chi connectivity index (χ0) is 13.8. The lowest BCUT2D eigenvalue weighted by Gasteiger charge is -2.34. The van der Waals surface area contributed by atoms with Gasteiger partial charge < -0.3 is 15.4 Å². The molecule has 0 bridgehead atoms. The first kappa shape index (κ1) is 14.6. The molecule has 0 spiro atoms. The van der Waals surface area contributed by atoms with Crippen LogP contribution < -0.4 is 10.6 Å². The number of rotatable bonds is 4. The molecule has 1 aliphatic heterocycles. The summed E-state index contributed by atoms with van der Waals surface area (Å²) in [6.07, 6.45) is 2.95. The third-order valence-corrected chi connectivity index (χ3v) is 4.09. The number of nitrogens with two attached hydrogens (primary N) is 1. The van der Waals surface area contributed by atoms with Crippen LogP contribution in [0.15, 0.2) is 18.2 Å². The first-order valence-corrected chi connectivity index (χ1v) is 7.31. The lowest BCUT2D eigenvalue weighted by Crippen LogP contribution is -2.37. The Labute approximate surface area is 120 Å². The van der Waals surface area contributed by atoms with Gasteiger partial charge in [0, 0.05) is 43.1 Å². The molecule has 1 aromatic carbocycles. The SMILES string of the molecule is CC(N)Cc1c(Cl)cccc1N(C)C1CCOCC1. The van der Waals surface area contributed by atoms with Crippen molar-refractivity contribution in [1.82, 2.24) is 0 Å². The first-order chi connectivity index (χ1) is 9.09. The number of ether oxygens (including phenoxy) is 1. The average molecular weight is 283 g/mol. The molecule has 2 N–H and O–H groups in total. The largest absolute Gasteiger partial charge is 0.381 e. The van der Waals surface area contributed by atoms with E-state index in [2.05, 4.69) is 18.0 Å². The van der Waals surface area contributed by atoms with E-state index in [9.17, 15) is 0 Å². The second-order valence-corrected chi connectivity index (χ2v) is 5.78. The molecule has 19 heavy (non-hydrogen) atoms. The fourth-order valence-electron chi connectivity index (χ4n) is 2.67. The van der Waals surface area contributed by atoms with Crippen LogP contribution >= 0.6 is 11.6 Å². The van der Waals surface area contributed by atoms with Crippen LogP contribution in [0.2, 0.25) is 5.02 Å². The number of hydrogen-bond donors (Lipinski definition) is 1. The minimum atomic E-state index is 0.113. The van der Waals surface area contributed by atoms with Crippen molar-refractivity contribution < 1.29 is 4.74 Å². The summed E-state index contributed by atoms with van der Waals surface area (Å²) in [5.41, 5.74) is 8.31. The van der Waals surface area contributed by atoms with Crippen molar-refractivity contribution in [3.8, 4) is 0 Å². The fourth-order valence-corrected chi connectivity index (χ4v) is 2.92. The van der Waals surface area contributed by atoms with Gasteiger partial charge in [0.05, 0.1) is 0 Å². The van der Waals surface area contributed by atoms with Crippen molar-refractivity contribution in [2.24, 2.45) is 5.73 Å². The van der Waals surface area contributed by atoms with Crippen molar-refractivity contribution in [1.29, 1.82) is 0 Å². The van der Waals surface area contributed by atoms with Gasteiger partial charge in [-0.15, -0.1) is 0 Å². The predicted octanol–water partition coefficient (Wildman–Crippen LogP) is 2.84. The van der Waals surface area contributed by atoms with Gasteiger partial charge in [-0.3, -0.25) is 0 Å². The maximum atomic E-state index is 6.35. The lowest BCUT2D eigenvalue weighted by molar-refractivity contribution is 0.0854. The van der Waals surface area contributed by atoms with Gasteiger partial charge >= 0.3 is 0 Å². The Balaban J connectivity index is 2.24. The second kappa shape index (κ2) is 6.60. The van der Waals surface area contributed by atoms with Crippen LogP contribution in [0.5, 0.6) is 0 Å². The highest BCUT2D eigenvalue weighted by atomic mass is 35.5. The Kier molecular flexibility index (Phi) is 5.08. The van der Waals surface area contributed by atoms with Crippen LogP contribution in [0.25, 0.3) is 0 Å². The molecule has 0 aliphatic carbocycles. The molecule has 0 amide bonds. The third-order valence-electron chi connectivity index (χ3n) is 3.74. The van der Waals surface area contributed by atoms with E-state index in [1.807, 2.05) is 19.1 Å². The Morgan fingerprint density at radius 2 is 2.11 bits per heavy atom. The van der Waals surface area contributed by atoms with E-state index in [-0.39, 0.29) is 6.04 Å². The summed E-state index contributed by atoms with van der Waals surface area (Å²) in [6.45, 7) is 3.71. The van der Waals surface area contributed by atoms with Crippen LogP contribution in [-0.4, -0.2) is 32.3 Å². The summed E-state index contributed by atoms with van der Waals surface area (Å²) in [4.78, 5) is 2.34. The Bertz CT molecular complexity index is 417. The molecule has 106 valence electrons. The van der Waals surface area contributed by atoms with Crippen LogP contribution in [-0.2, 0) is 11.2 Å². The van der Waals surface area contributed by atoms with Crippen molar-refractivity contribution >= 4 is 17.3 Å². The van der Waals surface area contributed by atoms with Crippen molar-refractivity contribution in [3.63, 3.8) is 0 Å². The van der Waals surface area contributed by atoms with Gasteiger partial charge in [-0.05, 0) is 43.9 Å². The van der Waals surface area contributed by atoms with Crippen molar-refractivity contribution in [3.05, 3.63) is 28.8 Å². The van der Waals surface area contributed by atoms with Crippen LogP contribution in [0.4, 0.5) is 5.69 Å². The summed E-state index contributed by atoms with van der Waals surface area (Å²) >= 11 is 6.35. The molecule has 1 atom stereocenters. The zero-order valence-electron chi connectivity index (χ0n) is 11.7. The van der Waals surface area contributed by atoms with Crippen molar-refractivity contribution in [2.75, 3.05) is 25.2 Å². The summed E-state index contributed by atoms with van der Waals surface area (Å²) in [7, 11) is 2.15. The third kappa shape index (κ3) is 3.62. The molecule has 3 nitrogen and oxygen atoms in total. The molecule has 1 heterocycles. The molecular formula is C15H23ClN2O. The number of hydrogen-bond acceptors (Lipinski definition) is 3. The summed E-state index contributed by atoms with van der Waals surface area (Å²) in [5.74, 6) is 0. The van der Waals surface area contributed by atoms with E-state index >= 15 is 0 Å². The standard InChI is InChI=1S/C15H23ClN2O/c1-11(17)10-13-14(16)4-3-5-15(13)18(2)12-6-8-19-9-7-12/h3-5,11-12H,6-10,17H2,1-2H3. The average Bonchev–Trinajstić information content (AvgIpc) is 2.41. The number of nitrogens with zero attached hydrogens (tertiary/aromatic N) is 1. The van der Waals surface area contributed by atoms with E-state index in [0.29, 0.717) is 6.04 Å². The molecule has 0 saturated carbocycles. The van der Waals surface area contributed by atoms with E-state index in [0.717, 1.165) is 43.1 Å².